The van der Waals surface area contributed by atoms with Crippen LogP contribution in [0.3, 0.4) is 0 Å². The second-order valence-corrected chi connectivity index (χ2v) is 6.01. The Morgan fingerprint density at radius 3 is 2.33 bits per heavy atom. The van der Waals surface area contributed by atoms with E-state index in [1.165, 1.54) is 6.07 Å². The number of halogens is 1. The predicted octanol–water partition coefficient (Wildman–Crippen LogP) is 5.15. The minimum atomic E-state index is -0.338. The van der Waals surface area contributed by atoms with Crippen LogP contribution in [0.5, 0.6) is 0 Å². The average Bonchev–Trinajstić information content (AvgIpc) is 2.42. The van der Waals surface area contributed by atoms with Crippen LogP contribution >= 0.6 is 15.9 Å². The third kappa shape index (κ3) is 3.42. The summed E-state index contributed by atoms with van der Waals surface area (Å²) in [6, 6.07) is 10.7. The molecule has 2 rings (SSSR count). The van der Waals surface area contributed by atoms with Gasteiger partial charge in [0.2, 0.25) is 0 Å². The van der Waals surface area contributed by atoms with E-state index in [1.54, 1.807) is 12.1 Å². The van der Waals surface area contributed by atoms with Crippen LogP contribution in [0.4, 0.5) is 11.4 Å². The number of anilines is 1. The molecule has 0 aliphatic rings. The van der Waals surface area contributed by atoms with Crippen molar-refractivity contribution in [2.45, 2.75) is 26.8 Å². The van der Waals surface area contributed by atoms with E-state index >= 15 is 0 Å². The first kappa shape index (κ1) is 15.5. The van der Waals surface area contributed by atoms with Gasteiger partial charge < -0.3 is 5.32 Å². The number of aryl methyl sites for hydroxylation is 2. The largest absolute Gasteiger partial charge is 0.378 e. The molecule has 0 amide bonds. The molecule has 1 atom stereocenters. The van der Waals surface area contributed by atoms with Gasteiger partial charge in [0.25, 0.3) is 5.69 Å². The zero-order valence-corrected chi connectivity index (χ0v) is 13.8. The molecule has 0 aromatic heterocycles. The minimum Gasteiger partial charge on any atom is -0.378 e. The number of nitrogens with zero attached hydrogens (tertiary/aromatic N) is 1. The fourth-order valence-corrected chi connectivity index (χ4v) is 3.14. The SMILES string of the molecule is Cc1cc(Br)cc(C)c1NC(C)c1ccccc1[N+](=O)[O-]. The third-order valence-electron chi connectivity index (χ3n) is 3.46. The number of nitro groups is 1. The number of para-hydroxylation sites is 1. The number of rotatable bonds is 4. The van der Waals surface area contributed by atoms with Gasteiger partial charge in [-0.25, -0.2) is 0 Å². The predicted molar refractivity (Wildman–Crippen MR) is 88.8 cm³/mol. The summed E-state index contributed by atoms with van der Waals surface area (Å²) < 4.78 is 1.03. The molecule has 0 aliphatic heterocycles. The van der Waals surface area contributed by atoms with Gasteiger partial charge in [-0.1, -0.05) is 34.1 Å². The Kier molecular flexibility index (Phi) is 4.63. The van der Waals surface area contributed by atoms with Crippen molar-refractivity contribution < 1.29 is 4.92 Å². The number of benzene rings is 2. The normalized spacial score (nSPS) is 12.0. The van der Waals surface area contributed by atoms with Gasteiger partial charge in [-0.05, 0) is 44.0 Å². The zero-order valence-electron chi connectivity index (χ0n) is 12.2. The molecule has 110 valence electrons. The standard InChI is InChI=1S/C16H17BrN2O2/c1-10-8-13(17)9-11(2)16(10)18-12(3)14-6-4-5-7-15(14)19(20)21/h4-9,12,18H,1-3H3. The first-order valence-corrected chi connectivity index (χ1v) is 7.46. The minimum absolute atomic E-state index is 0.143. The quantitative estimate of drug-likeness (QED) is 0.614. The van der Waals surface area contributed by atoms with E-state index in [1.807, 2.05) is 39.0 Å². The van der Waals surface area contributed by atoms with Gasteiger partial charge >= 0.3 is 0 Å². The zero-order chi connectivity index (χ0) is 15.6. The summed E-state index contributed by atoms with van der Waals surface area (Å²) in [4.78, 5) is 10.8. The Morgan fingerprint density at radius 2 is 1.76 bits per heavy atom. The summed E-state index contributed by atoms with van der Waals surface area (Å²) in [6.45, 7) is 5.97. The number of nitrogens with one attached hydrogen (secondary N) is 1. The third-order valence-corrected chi connectivity index (χ3v) is 3.92. The molecule has 0 fully saturated rings. The fourth-order valence-electron chi connectivity index (χ4n) is 2.45. The summed E-state index contributed by atoms with van der Waals surface area (Å²) in [5, 5.41) is 14.5. The van der Waals surface area contributed by atoms with E-state index in [-0.39, 0.29) is 16.7 Å². The van der Waals surface area contributed by atoms with Gasteiger partial charge in [-0.2, -0.15) is 0 Å². The van der Waals surface area contributed by atoms with Gasteiger partial charge in [-0.15, -0.1) is 0 Å². The van der Waals surface area contributed by atoms with Crippen molar-refractivity contribution in [3.05, 3.63) is 67.7 Å². The van der Waals surface area contributed by atoms with Crippen molar-refractivity contribution in [1.82, 2.24) is 0 Å². The highest BCUT2D eigenvalue weighted by molar-refractivity contribution is 9.10. The van der Waals surface area contributed by atoms with Gasteiger partial charge in [0.05, 0.1) is 16.5 Å². The molecule has 1 N–H and O–H groups in total. The number of nitro benzene ring substituents is 1. The van der Waals surface area contributed by atoms with Crippen molar-refractivity contribution in [2.24, 2.45) is 0 Å². The Hall–Kier alpha value is -1.88. The molecule has 2 aromatic carbocycles. The highest BCUT2D eigenvalue weighted by Gasteiger charge is 2.19. The topological polar surface area (TPSA) is 55.2 Å². The van der Waals surface area contributed by atoms with E-state index < -0.39 is 0 Å². The van der Waals surface area contributed by atoms with Crippen LogP contribution < -0.4 is 5.32 Å². The first-order chi connectivity index (χ1) is 9.90. The first-order valence-electron chi connectivity index (χ1n) is 6.66. The molecule has 21 heavy (non-hydrogen) atoms. The Balaban J connectivity index is 2.35. The van der Waals surface area contributed by atoms with Gasteiger partial charge in [0, 0.05) is 16.2 Å². The maximum atomic E-state index is 11.1. The number of hydrogen-bond acceptors (Lipinski definition) is 3. The summed E-state index contributed by atoms with van der Waals surface area (Å²) in [6.07, 6.45) is 0. The lowest BCUT2D eigenvalue weighted by Crippen LogP contribution is -2.11. The van der Waals surface area contributed by atoms with Crippen LogP contribution in [0.1, 0.15) is 29.7 Å². The second-order valence-electron chi connectivity index (χ2n) is 5.10. The highest BCUT2D eigenvalue weighted by atomic mass is 79.9. The van der Waals surface area contributed by atoms with Crippen molar-refractivity contribution in [2.75, 3.05) is 5.32 Å². The van der Waals surface area contributed by atoms with Gasteiger partial charge in [-0.3, -0.25) is 10.1 Å². The smallest absolute Gasteiger partial charge is 0.274 e. The van der Waals surface area contributed by atoms with E-state index in [9.17, 15) is 10.1 Å². The second kappa shape index (κ2) is 6.26. The Morgan fingerprint density at radius 1 is 1.19 bits per heavy atom. The molecule has 0 heterocycles. The van der Waals surface area contributed by atoms with Crippen LogP contribution in [0.2, 0.25) is 0 Å². The van der Waals surface area contributed by atoms with E-state index in [0.717, 1.165) is 21.3 Å². The van der Waals surface area contributed by atoms with E-state index in [4.69, 9.17) is 0 Å². The Labute approximate surface area is 132 Å². The Bertz CT molecular complexity index is 663. The van der Waals surface area contributed by atoms with Crippen LogP contribution in [-0.4, -0.2) is 4.92 Å². The molecule has 4 nitrogen and oxygen atoms in total. The van der Waals surface area contributed by atoms with Gasteiger partial charge in [0.1, 0.15) is 0 Å². The average molecular weight is 349 g/mol. The summed E-state index contributed by atoms with van der Waals surface area (Å²) in [5.41, 5.74) is 4.05. The summed E-state index contributed by atoms with van der Waals surface area (Å²) in [7, 11) is 0. The maximum absolute atomic E-state index is 11.1. The van der Waals surface area contributed by atoms with Crippen LogP contribution in [0, 0.1) is 24.0 Å². The molecule has 2 aromatic rings. The van der Waals surface area contributed by atoms with E-state index in [0.29, 0.717) is 5.56 Å². The molecular weight excluding hydrogens is 332 g/mol. The molecule has 0 radical (unpaired) electrons. The van der Waals surface area contributed by atoms with Crippen LogP contribution in [0.15, 0.2) is 40.9 Å². The fraction of sp³-hybridized carbons (Fsp3) is 0.250. The molecule has 0 saturated carbocycles. The molecule has 0 spiro atoms. The lowest BCUT2D eigenvalue weighted by atomic mass is 10.0. The molecule has 0 saturated heterocycles. The molecule has 0 aliphatic carbocycles. The van der Waals surface area contributed by atoms with Crippen molar-refractivity contribution in [3.63, 3.8) is 0 Å². The monoisotopic (exact) mass is 348 g/mol. The van der Waals surface area contributed by atoms with Gasteiger partial charge in [0.15, 0.2) is 0 Å². The van der Waals surface area contributed by atoms with Crippen LogP contribution in [-0.2, 0) is 0 Å². The van der Waals surface area contributed by atoms with Crippen molar-refractivity contribution >= 4 is 27.3 Å². The maximum Gasteiger partial charge on any atom is 0.274 e. The molecule has 5 heteroatoms. The number of hydrogen-bond donors (Lipinski definition) is 1. The lowest BCUT2D eigenvalue weighted by molar-refractivity contribution is -0.385. The summed E-state index contributed by atoms with van der Waals surface area (Å²) >= 11 is 3.47. The van der Waals surface area contributed by atoms with Crippen molar-refractivity contribution in [3.8, 4) is 0 Å². The highest BCUT2D eigenvalue weighted by Crippen LogP contribution is 2.31. The van der Waals surface area contributed by atoms with E-state index in [2.05, 4.69) is 21.2 Å². The molecular formula is C16H17BrN2O2. The summed E-state index contributed by atoms with van der Waals surface area (Å²) in [5.74, 6) is 0. The lowest BCUT2D eigenvalue weighted by Gasteiger charge is -2.19. The van der Waals surface area contributed by atoms with Crippen LogP contribution in [0.25, 0.3) is 0 Å². The van der Waals surface area contributed by atoms with Crippen molar-refractivity contribution in [1.29, 1.82) is 0 Å². The molecule has 1 unspecified atom stereocenters. The molecule has 0 bridgehead atoms.